The minimum atomic E-state index is 0.897. The van der Waals surface area contributed by atoms with Gasteiger partial charge in [0.15, 0.2) is 0 Å². The Balaban J connectivity index is 1.73. The molecule has 0 N–H and O–H groups in total. The van der Waals surface area contributed by atoms with E-state index < -0.39 is 0 Å². The summed E-state index contributed by atoms with van der Waals surface area (Å²) >= 11 is 0. The van der Waals surface area contributed by atoms with Crippen LogP contribution in [0.5, 0.6) is 0 Å². The topological polar surface area (TPSA) is 3.24 Å². The van der Waals surface area contributed by atoms with Crippen LogP contribution in [0.15, 0.2) is 0 Å². The van der Waals surface area contributed by atoms with Crippen LogP contribution in [0, 0.1) is 17.8 Å². The van der Waals surface area contributed by atoms with Crippen molar-refractivity contribution in [2.45, 2.75) is 33.1 Å². The summed E-state index contributed by atoms with van der Waals surface area (Å²) in [4.78, 5) is 2.68. The summed E-state index contributed by atoms with van der Waals surface area (Å²) in [5.41, 5.74) is 0. The molecule has 70 valence electrons. The molecule has 2 aliphatic rings. The van der Waals surface area contributed by atoms with Gasteiger partial charge in [0.05, 0.1) is 0 Å². The molecule has 1 atom stereocenters. The smallest absolute Gasteiger partial charge is 0.00127 e. The lowest BCUT2D eigenvalue weighted by Crippen LogP contribution is -2.24. The van der Waals surface area contributed by atoms with Gasteiger partial charge in [0, 0.05) is 13.1 Å². The molecule has 2 fully saturated rings. The lowest BCUT2D eigenvalue weighted by Gasteiger charge is -2.17. The number of hydrogen-bond acceptors (Lipinski definition) is 1. The highest BCUT2D eigenvalue weighted by Gasteiger charge is 2.29. The lowest BCUT2D eigenvalue weighted by molar-refractivity contribution is 0.293. The van der Waals surface area contributed by atoms with E-state index in [1.54, 1.807) is 0 Å². The summed E-state index contributed by atoms with van der Waals surface area (Å²) in [5.74, 6) is 2.97. The average Bonchev–Trinajstić information content (AvgIpc) is 2.66. The third kappa shape index (κ3) is 2.01. The maximum absolute atomic E-state index is 2.68. The minimum absolute atomic E-state index is 0.897. The predicted octanol–water partition coefficient (Wildman–Crippen LogP) is 2.37. The van der Waals surface area contributed by atoms with Crippen molar-refractivity contribution in [3.8, 4) is 0 Å². The van der Waals surface area contributed by atoms with Crippen LogP contribution in [0.1, 0.15) is 33.1 Å². The molecule has 1 saturated heterocycles. The van der Waals surface area contributed by atoms with E-state index in [1.807, 2.05) is 0 Å². The van der Waals surface area contributed by atoms with Crippen molar-refractivity contribution in [2.75, 3.05) is 19.6 Å². The number of likely N-dealkylation sites (tertiary alicyclic amines) is 1. The van der Waals surface area contributed by atoms with Gasteiger partial charge in [0.1, 0.15) is 0 Å². The molecule has 1 aliphatic heterocycles. The van der Waals surface area contributed by atoms with Crippen LogP contribution >= 0.6 is 0 Å². The second kappa shape index (κ2) is 3.37. The van der Waals surface area contributed by atoms with Crippen LogP contribution in [-0.2, 0) is 0 Å². The van der Waals surface area contributed by atoms with E-state index >= 15 is 0 Å². The van der Waals surface area contributed by atoms with Crippen LogP contribution < -0.4 is 0 Å². The molecule has 0 radical (unpaired) electrons. The standard InChI is InChI=1S/C11H21N/c1-9(2)11-5-6-12(8-11)7-10-3-4-10/h9-11H,3-8H2,1-2H3/t11-/m0/s1. The molecular weight excluding hydrogens is 146 g/mol. The minimum Gasteiger partial charge on any atom is -0.303 e. The van der Waals surface area contributed by atoms with Crippen LogP contribution in [0.3, 0.4) is 0 Å². The molecule has 1 nitrogen and oxygen atoms in total. The summed E-state index contributed by atoms with van der Waals surface area (Å²) in [6.45, 7) is 8.90. The van der Waals surface area contributed by atoms with Crippen molar-refractivity contribution >= 4 is 0 Å². The van der Waals surface area contributed by atoms with Gasteiger partial charge in [0.2, 0.25) is 0 Å². The molecule has 2 rings (SSSR count). The average molecular weight is 167 g/mol. The Bertz CT molecular complexity index is 149. The van der Waals surface area contributed by atoms with Gasteiger partial charge in [-0.15, -0.1) is 0 Å². The monoisotopic (exact) mass is 167 g/mol. The van der Waals surface area contributed by atoms with Crippen molar-refractivity contribution < 1.29 is 0 Å². The molecule has 1 heterocycles. The zero-order chi connectivity index (χ0) is 8.55. The van der Waals surface area contributed by atoms with Gasteiger partial charge in [-0.05, 0) is 43.6 Å². The first-order valence-electron chi connectivity index (χ1n) is 5.48. The fraction of sp³-hybridized carbons (Fsp3) is 1.00. The molecule has 0 spiro atoms. The van der Waals surface area contributed by atoms with Crippen molar-refractivity contribution in [3.05, 3.63) is 0 Å². The van der Waals surface area contributed by atoms with Crippen LogP contribution in [0.2, 0.25) is 0 Å². The van der Waals surface area contributed by atoms with Crippen molar-refractivity contribution in [3.63, 3.8) is 0 Å². The van der Waals surface area contributed by atoms with Gasteiger partial charge in [-0.1, -0.05) is 13.8 Å². The maximum atomic E-state index is 2.68. The van der Waals surface area contributed by atoms with Crippen molar-refractivity contribution in [1.82, 2.24) is 4.90 Å². The molecular formula is C11H21N. The fourth-order valence-electron chi connectivity index (χ4n) is 2.24. The molecule has 0 unspecified atom stereocenters. The first-order valence-corrected chi connectivity index (χ1v) is 5.48. The Hall–Kier alpha value is -0.0400. The molecule has 1 aliphatic carbocycles. The molecule has 0 bridgehead atoms. The Labute approximate surface area is 76.1 Å². The predicted molar refractivity (Wildman–Crippen MR) is 52.1 cm³/mol. The van der Waals surface area contributed by atoms with Crippen molar-refractivity contribution in [2.24, 2.45) is 17.8 Å². The lowest BCUT2D eigenvalue weighted by atomic mass is 9.95. The van der Waals surface area contributed by atoms with Crippen LogP contribution in [0.4, 0.5) is 0 Å². The third-order valence-electron chi connectivity index (χ3n) is 3.46. The normalized spacial score (nSPS) is 31.8. The highest BCUT2D eigenvalue weighted by Crippen LogP contribution is 2.32. The highest BCUT2D eigenvalue weighted by atomic mass is 15.1. The Morgan fingerprint density at radius 1 is 1.25 bits per heavy atom. The molecule has 0 aromatic heterocycles. The van der Waals surface area contributed by atoms with Gasteiger partial charge in [-0.2, -0.15) is 0 Å². The summed E-state index contributed by atoms with van der Waals surface area (Å²) in [6.07, 6.45) is 4.45. The van der Waals surface area contributed by atoms with E-state index in [0.717, 1.165) is 17.8 Å². The number of hydrogen-bond donors (Lipinski definition) is 0. The van der Waals surface area contributed by atoms with E-state index in [9.17, 15) is 0 Å². The quantitative estimate of drug-likeness (QED) is 0.624. The third-order valence-corrected chi connectivity index (χ3v) is 3.46. The van der Waals surface area contributed by atoms with Gasteiger partial charge < -0.3 is 4.90 Å². The zero-order valence-electron chi connectivity index (χ0n) is 8.42. The van der Waals surface area contributed by atoms with Gasteiger partial charge in [-0.3, -0.25) is 0 Å². The molecule has 1 heteroatoms. The van der Waals surface area contributed by atoms with E-state index in [2.05, 4.69) is 18.7 Å². The zero-order valence-corrected chi connectivity index (χ0v) is 8.42. The van der Waals surface area contributed by atoms with Crippen LogP contribution in [0.25, 0.3) is 0 Å². The van der Waals surface area contributed by atoms with E-state index in [4.69, 9.17) is 0 Å². The maximum Gasteiger partial charge on any atom is 0.00127 e. The largest absolute Gasteiger partial charge is 0.303 e. The molecule has 1 saturated carbocycles. The fourth-order valence-corrected chi connectivity index (χ4v) is 2.24. The van der Waals surface area contributed by atoms with Gasteiger partial charge >= 0.3 is 0 Å². The van der Waals surface area contributed by atoms with Crippen LogP contribution in [-0.4, -0.2) is 24.5 Å². The van der Waals surface area contributed by atoms with E-state index in [-0.39, 0.29) is 0 Å². The summed E-state index contributed by atoms with van der Waals surface area (Å²) in [7, 11) is 0. The first-order chi connectivity index (χ1) is 5.75. The molecule has 0 aromatic carbocycles. The molecule has 0 amide bonds. The van der Waals surface area contributed by atoms with Crippen molar-refractivity contribution in [1.29, 1.82) is 0 Å². The molecule has 0 aromatic rings. The SMILES string of the molecule is CC(C)[C@H]1CCN(CC2CC2)C1. The Morgan fingerprint density at radius 3 is 2.50 bits per heavy atom. The van der Waals surface area contributed by atoms with Gasteiger partial charge in [-0.25, -0.2) is 0 Å². The Kier molecular flexibility index (Phi) is 2.40. The highest BCUT2D eigenvalue weighted by molar-refractivity contribution is 4.83. The second-order valence-electron chi connectivity index (χ2n) is 5.00. The molecule has 12 heavy (non-hydrogen) atoms. The Morgan fingerprint density at radius 2 is 2.00 bits per heavy atom. The summed E-state index contributed by atoms with van der Waals surface area (Å²) < 4.78 is 0. The number of rotatable bonds is 3. The van der Waals surface area contributed by atoms with E-state index in [0.29, 0.717) is 0 Å². The second-order valence-corrected chi connectivity index (χ2v) is 5.00. The van der Waals surface area contributed by atoms with Gasteiger partial charge in [0.25, 0.3) is 0 Å². The summed E-state index contributed by atoms with van der Waals surface area (Å²) in [5, 5.41) is 0. The van der Waals surface area contributed by atoms with E-state index in [1.165, 1.54) is 38.9 Å². The summed E-state index contributed by atoms with van der Waals surface area (Å²) in [6, 6.07) is 0. The number of nitrogens with zero attached hydrogens (tertiary/aromatic N) is 1. The first kappa shape index (κ1) is 8.55.